The van der Waals surface area contributed by atoms with Crippen LogP contribution in [-0.2, 0) is 15.1 Å². The topological polar surface area (TPSA) is 38.7 Å². The van der Waals surface area contributed by atoms with Gasteiger partial charge in [-0.1, -0.05) is 35.4 Å². The van der Waals surface area contributed by atoms with Gasteiger partial charge < -0.3 is 0 Å². The number of benzene rings is 2. The number of hydrogen-bond acceptors (Lipinski definition) is 5. The highest BCUT2D eigenvalue weighted by Gasteiger charge is 2.27. The van der Waals surface area contributed by atoms with Crippen LogP contribution in [-0.4, -0.2) is 5.26 Å². The van der Waals surface area contributed by atoms with Crippen LogP contribution in [0.25, 0.3) is 0 Å². The Bertz CT molecular complexity index is 626. The van der Waals surface area contributed by atoms with Crippen LogP contribution in [0, 0.1) is 23.3 Å². The largest absolute Gasteiger partial charge is 0.220 e. The van der Waals surface area contributed by atoms with Crippen molar-refractivity contribution < 1.29 is 32.2 Å². The summed E-state index contributed by atoms with van der Waals surface area (Å²) in [6, 6.07) is 8.66. The molecule has 0 amide bonds. The minimum atomic E-state index is -1.63. The summed E-state index contributed by atoms with van der Waals surface area (Å²) in [7, 11) is 0. The van der Waals surface area contributed by atoms with E-state index in [4.69, 9.17) is 5.26 Å². The summed E-state index contributed by atoms with van der Waals surface area (Å²) in [6.07, 6.45) is 0. The van der Waals surface area contributed by atoms with Crippen LogP contribution in [0.15, 0.2) is 40.1 Å². The fourth-order valence-electron chi connectivity index (χ4n) is 1.57. The molecule has 0 aliphatic heterocycles. The van der Waals surface area contributed by atoms with Gasteiger partial charge in [0.05, 0.1) is 16.9 Å². The van der Waals surface area contributed by atoms with Crippen LogP contribution in [0.1, 0.15) is 5.56 Å². The highest BCUT2D eigenvalue weighted by Crippen LogP contribution is 2.37. The molecule has 0 aliphatic carbocycles. The van der Waals surface area contributed by atoms with Gasteiger partial charge in [-0.2, -0.15) is 0 Å². The molecule has 0 saturated heterocycles. The fraction of sp³-hybridized carbons (Fsp3) is 0.0769. The molecule has 2 aromatic carbocycles. The van der Waals surface area contributed by atoms with Gasteiger partial charge in [-0.25, -0.2) is 22.8 Å². The van der Waals surface area contributed by atoms with Crippen molar-refractivity contribution in [2.24, 2.45) is 0 Å². The smallest absolute Gasteiger partial charge is 0.179 e. The Balaban J connectivity index is 2.28. The van der Waals surface area contributed by atoms with Crippen molar-refractivity contribution >= 4 is 23.8 Å². The normalized spacial score (nSPS) is 11.0. The van der Waals surface area contributed by atoms with E-state index in [1.165, 1.54) is 0 Å². The van der Waals surface area contributed by atoms with E-state index in [2.05, 4.69) is 9.37 Å². The van der Waals surface area contributed by atoms with Gasteiger partial charge in [0.25, 0.3) is 0 Å². The van der Waals surface area contributed by atoms with Gasteiger partial charge in [0.1, 0.15) is 4.90 Å². The molecule has 0 bridgehead atoms. The standard InChI is InChI=1S/C13H8F4O3S2/c14-8-10(16)13(22-20-19-18)11(17)9(15)12(8)21-6-7-4-2-1-3-5-7/h1-5,18H,6H2. The zero-order valence-electron chi connectivity index (χ0n) is 10.7. The van der Waals surface area contributed by atoms with Crippen LogP contribution < -0.4 is 0 Å². The first-order chi connectivity index (χ1) is 10.6. The third-order valence-electron chi connectivity index (χ3n) is 2.56. The predicted octanol–water partition coefficient (Wildman–Crippen LogP) is 4.96. The Morgan fingerprint density at radius 2 is 1.41 bits per heavy atom. The first-order valence-corrected chi connectivity index (χ1v) is 7.46. The Hall–Kier alpha value is -1.26. The molecular weight excluding hydrogens is 344 g/mol. The Kier molecular flexibility index (Phi) is 6.09. The maximum Gasteiger partial charge on any atom is 0.179 e. The summed E-state index contributed by atoms with van der Waals surface area (Å²) in [4.78, 5) is -1.86. The van der Waals surface area contributed by atoms with Gasteiger partial charge >= 0.3 is 0 Å². The quantitative estimate of drug-likeness (QED) is 0.199. The van der Waals surface area contributed by atoms with Crippen molar-refractivity contribution in [2.45, 2.75) is 15.5 Å². The van der Waals surface area contributed by atoms with Gasteiger partial charge in [0.2, 0.25) is 0 Å². The van der Waals surface area contributed by atoms with Crippen LogP contribution >= 0.6 is 23.8 Å². The fourth-order valence-corrected chi connectivity index (χ4v) is 2.93. The highest BCUT2D eigenvalue weighted by molar-refractivity contribution is 7.98. The van der Waals surface area contributed by atoms with Crippen molar-refractivity contribution in [3.8, 4) is 0 Å². The van der Waals surface area contributed by atoms with Crippen LogP contribution in [0.3, 0.4) is 0 Å². The van der Waals surface area contributed by atoms with E-state index in [9.17, 15) is 17.6 Å². The molecule has 22 heavy (non-hydrogen) atoms. The van der Waals surface area contributed by atoms with Gasteiger partial charge in [-0.15, -0.1) is 16.1 Å². The second-order valence-corrected chi connectivity index (χ2v) is 5.61. The minimum Gasteiger partial charge on any atom is -0.220 e. The highest BCUT2D eigenvalue weighted by atomic mass is 32.2. The molecule has 0 saturated carbocycles. The first-order valence-electron chi connectivity index (χ1n) is 5.73. The van der Waals surface area contributed by atoms with E-state index in [-0.39, 0.29) is 17.8 Å². The first kappa shape index (κ1) is 17.1. The molecular formula is C13H8F4O3S2. The van der Waals surface area contributed by atoms with E-state index in [0.29, 0.717) is 11.8 Å². The second-order valence-electron chi connectivity index (χ2n) is 3.91. The number of rotatable bonds is 6. The molecule has 0 aliphatic rings. The monoisotopic (exact) mass is 352 g/mol. The number of thioether (sulfide) groups is 1. The van der Waals surface area contributed by atoms with Crippen LogP contribution in [0.4, 0.5) is 17.6 Å². The van der Waals surface area contributed by atoms with E-state index >= 15 is 0 Å². The third-order valence-corrected chi connectivity index (χ3v) is 4.34. The number of halogens is 4. The summed E-state index contributed by atoms with van der Waals surface area (Å²) in [5, 5.41) is 11.1. The van der Waals surface area contributed by atoms with Crippen molar-refractivity contribution in [2.75, 3.05) is 0 Å². The molecule has 118 valence electrons. The van der Waals surface area contributed by atoms with E-state index < -0.39 is 33.1 Å². The molecule has 0 unspecified atom stereocenters. The molecule has 0 spiro atoms. The third kappa shape index (κ3) is 3.73. The summed E-state index contributed by atoms with van der Waals surface area (Å²) in [5.41, 5.74) is 0.739. The lowest BCUT2D eigenvalue weighted by atomic mass is 10.2. The van der Waals surface area contributed by atoms with Crippen LogP contribution in [0.2, 0.25) is 0 Å². The molecule has 1 N–H and O–H groups in total. The second kappa shape index (κ2) is 7.84. The lowest BCUT2D eigenvalue weighted by Gasteiger charge is -2.10. The van der Waals surface area contributed by atoms with E-state index in [1.807, 2.05) is 0 Å². The van der Waals surface area contributed by atoms with Crippen molar-refractivity contribution in [3.63, 3.8) is 0 Å². The summed E-state index contributed by atoms with van der Waals surface area (Å²) in [6.45, 7) is 0. The minimum absolute atomic E-state index is 0.135. The van der Waals surface area contributed by atoms with Gasteiger partial charge in [-0.05, 0) is 5.56 Å². The van der Waals surface area contributed by atoms with Gasteiger partial charge in [-0.3, -0.25) is 0 Å². The Morgan fingerprint density at radius 3 is 1.95 bits per heavy atom. The maximum absolute atomic E-state index is 13.9. The zero-order chi connectivity index (χ0) is 16.1. The lowest BCUT2D eigenvalue weighted by molar-refractivity contribution is -0.432. The average Bonchev–Trinajstić information content (AvgIpc) is 2.54. The van der Waals surface area contributed by atoms with Crippen molar-refractivity contribution in [1.29, 1.82) is 0 Å². The molecule has 3 nitrogen and oxygen atoms in total. The van der Waals surface area contributed by atoms with E-state index in [1.54, 1.807) is 30.3 Å². The Labute approximate surface area is 131 Å². The number of hydrogen-bond donors (Lipinski definition) is 1. The van der Waals surface area contributed by atoms with Crippen molar-refractivity contribution in [1.82, 2.24) is 0 Å². The molecule has 2 aromatic rings. The van der Waals surface area contributed by atoms with Gasteiger partial charge in [0, 0.05) is 5.75 Å². The SMILES string of the molecule is OOOSc1c(F)c(F)c(SCc2ccccc2)c(F)c1F. The molecule has 0 aromatic heterocycles. The predicted molar refractivity (Wildman–Crippen MR) is 72.9 cm³/mol. The summed E-state index contributed by atoms with van der Waals surface area (Å²) in [5.74, 6) is -6.20. The summed E-state index contributed by atoms with van der Waals surface area (Å²) >= 11 is 0.441. The van der Waals surface area contributed by atoms with E-state index in [0.717, 1.165) is 5.56 Å². The molecule has 9 heteroatoms. The maximum atomic E-state index is 13.9. The molecule has 0 fully saturated rings. The average molecular weight is 352 g/mol. The van der Waals surface area contributed by atoms with Crippen molar-refractivity contribution in [3.05, 3.63) is 59.2 Å². The molecule has 0 heterocycles. The lowest BCUT2D eigenvalue weighted by Crippen LogP contribution is -2.02. The van der Waals surface area contributed by atoms with Gasteiger partial charge in [0.15, 0.2) is 23.3 Å². The Morgan fingerprint density at radius 1 is 0.864 bits per heavy atom. The summed E-state index contributed by atoms with van der Waals surface area (Å²) < 4.78 is 59.0. The molecule has 0 atom stereocenters. The molecule has 0 radical (unpaired) electrons. The van der Waals surface area contributed by atoms with Crippen LogP contribution in [0.5, 0.6) is 0 Å². The molecule has 2 rings (SSSR count). The zero-order valence-corrected chi connectivity index (χ0v) is 12.3.